The van der Waals surface area contributed by atoms with E-state index in [1.165, 1.54) is 0 Å². The first kappa shape index (κ1) is 6.48. The van der Waals surface area contributed by atoms with Crippen molar-refractivity contribution < 1.29 is 14.3 Å². The molecule has 2 atom stereocenters. The monoisotopic (exact) mass is 133 g/mol. The first-order chi connectivity index (χ1) is 4.22. The molecule has 1 saturated heterocycles. The Morgan fingerprint density at radius 2 is 2.44 bits per heavy atom. The second-order valence-corrected chi connectivity index (χ2v) is 2.07. The van der Waals surface area contributed by atoms with Gasteiger partial charge in [-0.3, -0.25) is 4.79 Å². The van der Waals surface area contributed by atoms with Crippen LogP contribution in [0.15, 0.2) is 0 Å². The van der Waals surface area contributed by atoms with Gasteiger partial charge in [0.2, 0.25) is 0 Å². The number of hydrogen-bond donors (Lipinski definition) is 2. The standard InChI is InChI=1S/C5H8FNO2/c6-3-1-2-7-4(3)5(8)9/h3-4,7H,1-2H2,(H,8,9)/t3-,4+/m0/s1. The molecule has 3 nitrogen and oxygen atoms in total. The molecule has 0 radical (unpaired) electrons. The van der Waals surface area contributed by atoms with Crippen molar-refractivity contribution in [3.63, 3.8) is 0 Å². The van der Waals surface area contributed by atoms with E-state index in [1.54, 1.807) is 0 Å². The molecule has 2 N–H and O–H groups in total. The fourth-order valence-electron chi connectivity index (χ4n) is 0.913. The van der Waals surface area contributed by atoms with Crippen molar-refractivity contribution in [2.45, 2.75) is 18.6 Å². The van der Waals surface area contributed by atoms with E-state index >= 15 is 0 Å². The highest BCUT2D eigenvalue weighted by molar-refractivity contribution is 5.74. The highest BCUT2D eigenvalue weighted by atomic mass is 19.1. The molecular weight excluding hydrogens is 125 g/mol. The zero-order valence-electron chi connectivity index (χ0n) is 4.80. The molecular formula is C5H8FNO2. The minimum absolute atomic E-state index is 0.316. The number of carboxylic acids is 1. The lowest BCUT2D eigenvalue weighted by Crippen LogP contribution is -2.36. The van der Waals surface area contributed by atoms with E-state index in [1.807, 2.05) is 0 Å². The minimum atomic E-state index is -1.21. The molecule has 52 valence electrons. The van der Waals surface area contributed by atoms with E-state index in [0.717, 1.165) is 0 Å². The van der Waals surface area contributed by atoms with Crippen LogP contribution in [0, 0.1) is 0 Å². The van der Waals surface area contributed by atoms with Gasteiger partial charge < -0.3 is 10.4 Å². The molecule has 1 rings (SSSR count). The summed E-state index contributed by atoms with van der Waals surface area (Å²) in [6, 6.07) is -0.968. The van der Waals surface area contributed by atoms with E-state index < -0.39 is 18.2 Å². The van der Waals surface area contributed by atoms with Crippen LogP contribution in [0.3, 0.4) is 0 Å². The van der Waals surface area contributed by atoms with Gasteiger partial charge in [0.1, 0.15) is 12.2 Å². The third-order valence-corrected chi connectivity index (χ3v) is 1.41. The summed E-state index contributed by atoms with van der Waals surface area (Å²) < 4.78 is 12.4. The smallest absolute Gasteiger partial charge is 0.323 e. The maximum atomic E-state index is 12.4. The Balaban J connectivity index is 2.49. The third kappa shape index (κ3) is 1.18. The van der Waals surface area contributed by atoms with E-state index in [4.69, 9.17) is 5.11 Å². The second-order valence-electron chi connectivity index (χ2n) is 2.07. The van der Waals surface area contributed by atoms with Crippen molar-refractivity contribution in [3.8, 4) is 0 Å². The molecule has 9 heavy (non-hydrogen) atoms. The third-order valence-electron chi connectivity index (χ3n) is 1.41. The van der Waals surface area contributed by atoms with Crippen LogP contribution in [0.25, 0.3) is 0 Å². The average molecular weight is 133 g/mol. The summed E-state index contributed by atoms with van der Waals surface area (Å²) in [5.41, 5.74) is 0. The molecule has 0 aliphatic carbocycles. The SMILES string of the molecule is O=C(O)[C@@H]1NCC[C@@H]1F. The number of halogens is 1. The van der Waals surface area contributed by atoms with Crippen molar-refractivity contribution in [2.24, 2.45) is 0 Å². The fourth-order valence-corrected chi connectivity index (χ4v) is 0.913. The van der Waals surface area contributed by atoms with Crippen LogP contribution in [-0.2, 0) is 4.79 Å². The second kappa shape index (κ2) is 2.31. The Bertz CT molecular complexity index is 128. The summed E-state index contributed by atoms with van der Waals surface area (Å²) in [5.74, 6) is -1.10. The van der Waals surface area contributed by atoms with Gasteiger partial charge in [0.15, 0.2) is 0 Å². The molecule has 1 heterocycles. The predicted molar refractivity (Wildman–Crippen MR) is 28.9 cm³/mol. The first-order valence-corrected chi connectivity index (χ1v) is 2.82. The Kier molecular flexibility index (Phi) is 1.66. The summed E-state index contributed by atoms with van der Waals surface area (Å²) in [7, 11) is 0. The van der Waals surface area contributed by atoms with Crippen molar-refractivity contribution in [1.29, 1.82) is 0 Å². The van der Waals surface area contributed by atoms with Gasteiger partial charge in [-0.05, 0) is 13.0 Å². The molecule has 1 aliphatic heterocycles. The Morgan fingerprint density at radius 3 is 2.67 bits per heavy atom. The lowest BCUT2D eigenvalue weighted by molar-refractivity contribution is -0.140. The normalized spacial score (nSPS) is 34.8. The van der Waals surface area contributed by atoms with Gasteiger partial charge in [0.05, 0.1) is 0 Å². The largest absolute Gasteiger partial charge is 0.480 e. The molecule has 0 aromatic rings. The molecule has 0 bridgehead atoms. The van der Waals surface area contributed by atoms with Crippen molar-refractivity contribution in [1.82, 2.24) is 5.32 Å². The van der Waals surface area contributed by atoms with Crippen LogP contribution in [0.2, 0.25) is 0 Å². The highest BCUT2D eigenvalue weighted by Crippen LogP contribution is 2.10. The molecule has 0 saturated carbocycles. The van der Waals surface area contributed by atoms with Gasteiger partial charge in [0.25, 0.3) is 0 Å². The van der Waals surface area contributed by atoms with Crippen molar-refractivity contribution in [2.75, 3.05) is 6.54 Å². The van der Waals surface area contributed by atoms with E-state index in [2.05, 4.69) is 5.32 Å². The summed E-state index contributed by atoms with van der Waals surface area (Å²) in [5, 5.41) is 10.8. The zero-order chi connectivity index (χ0) is 6.85. The number of alkyl halides is 1. The topological polar surface area (TPSA) is 49.3 Å². The van der Waals surface area contributed by atoms with Crippen LogP contribution in [0.1, 0.15) is 6.42 Å². The lowest BCUT2D eigenvalue weighted by Gasteiger charge is -2.04. The first-order valence-electron chi connectivity index (χ1n) is 2.82. The molecule has 0 amide bonds. The highest BCUT2D eigenvalue weighted by Gasteiger charge is 2.32. The van der Waals surface area contributed by atoms with Gasteiger partial charge in [-0.1, -0.05) is 0 Å². The van der Waals surface area contributed by atoms with Gasteiger partial charge in [-0.15, -0.1) is 0 Å². The predicted octanol–water partition coefficient (Wildman–Crippen LogP) is -0.229. The molecule has 1 fully saturated rings. The number of hydrogen-bond acceptors (Lipinski definition) is 2. The number of aliphatic carboxylic acids is 1. The number of rotatable bonds is 1. The van der Waals surface area contributed by atoms with E-state index in [0.29, 0.717) is 13.0 Å². The molecule has 0 aromatic heterocycles. The fraction of sp³-hybridized carbons (Fsp3) is 0.800. The minimum Gasteiger partial charge on any atom is -0.480 e. The Morgan fingerprint density at radius 1 is 1.78 bits per heavy atom. The summed E-state index contributed by atoms with van der Waals surface area (Å²) in [4.78, 5) is 10.1. The van der Waals surface area contributed by atoms with Gasteiger partial charge in [-0.25, -0.2) is 4.39 Å². The van der Waals surface area contributed by atoms with Crippen LogP contribution in [-0.4, -0.2) is 29.8 Å². The van der Waals surface area contributed by atoms with Crippen molar-refractivity contribution >= 4 is 5.97 Å². The van der Waals surface area contributed by atoms with Gasteiger partial charge in [-0.2, -0.15) is 0 Å². The maximum Gasteiger partial charge on any atom is 0.323 e. The van der Waals surface area contributed by atoms with Crippen LogP contribution in [0.4, 0.5) is 4.39 Å². The molecule has 4 heteroatoms. The molecule has 0 aromatic carbocycles. The van der Waals surface area contributed by atoms with Gasteiger partial charge in [0, 0.05) is 0 Å². The van der Waals surface area contributed by atoms with Gasteiger partial charge >= 0.3 is 5.97 Å². The average Bonchev–Trinajstić information content (AvgIpc) is 2.13. The zero-order valence-corrected chi connectivity index (χ0v) is 4.80. The van der Waals surface area contributed by atoms with E-state index in [-0.39, 0.29) is 0 Å². The van der Waals surface area contributed by atoms with Crippen LogP contribution < -0.4 is 5.32 Å². The van der Waals surface area contributed by atoms with Crippen molar-refractivity contribution in [3.05, 3.63) is 0 Å². The number of nitrogens with one attached hydrogen (secondary N) is 1. The number of carboxylic acid groups (broad SMARTS) is 1. The van der Waals surface area contributed by atoms with Crippen LogP contribution in [0.5, 0.6) is 0 Å². The lowest BCUT2D eigenvalue weighted by atomic mass is 10.2. The van der Waals surface area contributed by atoms with Crippen LogP contribution >= 0.6 is 0 Å². The molecule has 1 aliphatic rings. The molecule has 0 spiro atoms. The quantitative estimate of drug-likeness (QED) is 0.519. The number of carbonyl (C=O) groups is 1. The summed E-state index contributed by atoms with van der Waals surface area (Å²) >= 11 is 0. The summed E-state index contributed by atoms with van der Waals surface area (Å²) in [6.07, 6.45) is -0.890. The van der Waals surface area contributed by atoms with E-state index in [9.17, 15) is 9.18 Å². The Hall–Kier alpha value is -0.640. The maximum absolute atomic E-state index is 12.4. The Labute approximate surface area is 51.9 Å². The summed E-state index contributed by atoms with van der Waals surface area (Å²) in [6.45, 7) is 0.470. The molecule has 0 unspecified atom stereocenters.